The van der Waals surface area contributed by atoms with E-state index in [0.29, 0.717) is 25.7 Å². The summed E-state index contributed by atoms with van der Waals surface area (Å²) in [5.41, 5.74) is 0.492. The van der Waals surface area contributed by atoms with E-state index < -0.39 is 41.8 Å². The van der Waals surface area contributed by atoms with E-state index in [0.717, 1.165) is 24.1 Å². The molecule has 1 saturated heterocycles. The van der Waals surface area contributed by atoms with Crippen LogP contribution in [-0.4, -0.2) is 91.7 Å². The number of aromatic nitrogens is 1. The van der Waals surface area contributed by atoms with Gasteiger partial charge >= 0.3 is 12.1 Å². The number of rotatable bonds is 6. The summed E-state index contributed by atoms with van der Waals surface area (Å²) >= 11 is 0. The summed E-state index contributed by atoms with van der Waals surface area (Å²) in [6, 6.07) is 5.80. The maximum Gasteiger partial charge on any atom is 0.407 e. The number of hydrogen-bond donors (Lipinski definition) is 3. The lowest BCUT2D eigenvalue weighted by Crippen LogP contribution is -2.62. The predicted octanol–water partition coefficient (Wildman–Crippen LogP) is 6.09. The average Bonchev–Trinajstić information content (AvgIpc) is 3.32. The lowest BCUT2D eigenvalue weighted by Gasteiger charge is -2.48. The van der Waals surface area contributed by atoms with Crippen molar-refractivity contribution in [1.82, 2.24) is 14.8 Å². The van der Waals surface area contributed by atoms with E-state index >= 15 is 0 Å². The van der Waals surface area contributed by atoms with Crippen LogP contribution in [0.25, 0.3) is 0 Å². The van der Waals surface area contributed by atoms with Crippen molar-refractivity contribution in [3.63, 3.8) is 0 Å². The predicted molar refractivity (Wildman–Crippen MR) is 179 cm³/mol. The molecular weight excluding hydrogens is 582 g/mol. The lowest BCUT2D eigenvalue weighted by atomic mass is 9.77. The molecule has 3 aliphatic rings. The fourth-order valence-electron chi connectivity index (χ4n) is 7.41. The Balaban J connectivity index is 1.63. The summed E-state index contributed by atoms with van der Waals surface area (Å²) in [6.45, 7) is 9.33. The summed E-state index contributed by atoms with van der Waals surface area (Å²) in [5.74, 6) is -1.18. The summed E-state index contributed by atoms with van der Waals surface area (Å²) < 4.78 is 5.97. The highest BCUT2D eigenvalue weighted by Gasteiger charge is 2.44. The van der Waals surface area contributed by atoms with Gasteiger partial charge in [-0.05, 0) is 57.2 Å². The first-order chi connectivity index (χ1) is 22.0. The second-order valence-electron chi connectivity index (χ2n) is 14.0. The molecule has 2 fully saturated rings. The van der Waals surface area contributed by atoms with E-state index in [1.807, 2.05) is 62.4 Å². The molecule has 1 unspecified atom stereocenters. The van der Waals surface area contributed by atoms with Crippen molar-refractivity contribution in [2.75, 3.05) is 19.6 Å². The number of ether oxygens (including phenoxy) is 1. The number of carboxylic acid groups (broad SMARTS) is 1. The number of amides is 1. The first-order valence-electron chi connectivity index (χ1n) is 17.2. The Hall–Kier alpha value is -3.01. The maximum absolute atomic E-state index is 12.9. The molecule has 3 N–H and O–H groups in total. The Kier molecular flexibility index (Phi) is 13.0. The van der Waals surface area contributed by atoms with Crippen LogP contribution in [0.3, 0.4) is 0 Å². The van der Waals surface area contributed by atoms with Gasteiger partial charge in [0.1, 0.15) is 6.10 Å². The van der Waals surface area contributed by atoms with E-state index in [2.05, 4.69) is 16.8 Å². The molecule has 0 aromatic carbocycles. The maximum atomic E-state index is 12.9. The normalized spacial score (nSPS) is 33.0. The summed E-state index contributed by atoms with van der Waals surface area (Å²) in [6.07, 6.45) is 16.4. The van der Waals surface area contributed by atoms with Crippen molar-refractivity contribution in [3.05, 3.63) is 66.0 Å². The largest absolute Gasteiger partial charge is 0.465 e. The monoisotopic (exact) mass is 637 g/mol. The molecule has 1 aromatic heterocycles. The zero-order valence-electron chi connectivity index (χ0n) is 28.1. The van der Waals surface area contributed by atoms with Crippen molar-refractivity contribution >= 4 is 12.1 Å². The fraction of sp³-hybridized carbons (Fsp3) is 0.649. The van der Waals surface area contributed by atoms with Gasteiger partial charge < -0.3 is 25.0 Å². The van der Waals surface area contributed by atoms with Crippen LogP contribution < -0.4 is 0 Å². The lowest BCUT2D eigenvalue weighted by molar-refractivity contribution is -0.151. The van der Waals surface area contributed by atoms with Gasteiger partial charge in [0.15, 0.2) is 0 Å². The van der Waals surface area contributed by atoms with Gasteiger partial charge in [-0.25, -0.2) is 4.79 Å². The number of esters is 1. The molecule has 1 aromatic rings. The molecule has 0 bridgehead atoms. The Morgan fingerprint density at radius 3 is 2.54 bits per heavy atom. The van der Waals surface area contributed by atoms with Gasteiger partial charge in [0.25, 0.3) is 0 Å². The molecule has 1 saturated carbocycles. The minimum atomic E-state index is -1.31. The number of cyclic esters (lactones) is 1. The van der Waals surface area contributed by atoms with Crippen molar-refractivity contribution in [2.24, 2.45) is 11.8 Å². The minimum absolute atomic E-state index is 0.102. The molecular formula is C37H55N3O6. The molecule has 1 aliphatic carbocycles. The number of nitrogens with zero attached hydrogens (tertiary/aromatic N) is 3. The number of pyridine rings is 1. The van der Waals surface area contributed by atoms with Crippen molar-refractivity contribution in [1.29, 1.82) is 0 Å². The van der Waals surface area contributed by atoms with E-state index in [-0.39, 0.29) is 31.1 Å². The van der Waals surface area contributed by atoms with Crippen molar-refractivity contribution < 1.29 is 29.6 Å². The summed E-state index contributed by atoms with van der Waals surface area (Å²) in [4.78, 5) is 33.9. The molecule has 9 nitrogen and oxygen atoms in total. The highest BCUT2D eigenvalue weighted by Crippen LogP contribution is 2.35. The van der Waals surface area contributed by atoms with E-state index in [1.54, 1.807) is 13.1 Å². The highest BCUT2D eigenvalue weighted by atomic mass is 16.5. The number of aliphatic hydroxyl groups excluding tert-OH is 1. The summed E-state index contributed by atoms with van der Waals surface area (Å²) in [5, 5.41) is 33.1. The third kappa shape index (κ3) is 9.75. The minimum Gasteiger partial charge on any atom is -0.465 e. The van der Waals surface area contributed by atoms with Crippen LogP contribution in [-0.2, 0) is 9.53 Å². The molecule has 254 valence electrons. The number of carbonyl (C=O) groups is 2. The molecule has 2 aliphatic heterocycles. The topological polar surface area (TPSA) is 123 Å². The second kappa shape index (κ2) is 16.7. The van der Waals surface area contributed by atoms with Crippen molar-refractivity contribution in [2.45, 2.75) is 121 Å². The molecule has 9 heteroatoms. The van der Waals surface area contributed by atoms with Crippen LogP contribution in [0.2, 0.25) is 0 Å². The first-order valence-corrected chi connectivity index (χ1v) is 17.2. The molecule has 4 rings (SSSR count). The zero-order valence-corrected chi connectivity index (χ0v) is 28.1. The fourth-order valence-corrected chi connectivity index (χ4v) is 7.41. The molecule has 7 atom stereocenters. The third-order valence-corrected chi connectivity index (χ3v) is 10.3. The van der Waals surface area contributed by atoms with Gasteiger partial charge in [-0.15, -0.1) is 0 Å². The van der Waals surface area contributed by atoms with E-state index in [4.69, 9.17) is 4.74 Å². The number of aliphatic hydroxyl groups is 2. The molecule has 46 heavy (non-hydrogen) atoms. The van der Waals surface area contributed by atoms with Crippen LogP contribution in [0, 0.1) is 11.8 Å². The average molecular weight is 638 g/mol. The quantitative estimate of drug-likeness (QED) is 0.148. The second-order valence-corrected chi connectivity index (χ2v) is 14.0. The van der Waals surface area contributed by atoms with Gasteiger partial charge in [-0.2, -0.15) is 0 Å². The van der Waals surface area contributed by atoms with Gasteiger partial charge in [-0.3, -0.25) is 14.7 Å². The van der Waals surface area contributed by atoms with Crippen LogP contribution in [0.5, 0.6) is 0 Å². The number of allylic oxidation sites excluding steroid dienone is 3. The van der Waals surface area contributed by atoms with Crippen LogP contribution in [0.1, 0.15) is 97.1 Å². The van der Waals surface area contributed by atoms with Crippen LogP contribution >= 0.6 is 0 Å². The Bertz CT molecular complexity index is 1220. The standard InChI is InChI=1S/C37H55N3O6/c1-26(32-16-9-10-21-38-32)12-11-13-27(2)35-28(3)17-18-31(37(4,45)20-19-30(41)24-34(42)46-35)33-25-39(22-23-40(33)36(43)44)29-14-7-5-6-8-15-29/h9-13,16-18,21,26,28-31,33,35,41,45H,5-8,14-15,19-20,22-25H2,1-4H3,(H,43,44)/b12-11+,18-17+,27-13+/t26-,28-,30-,31-,33?,35+,37-/m0/s1. The van der Waals surface area contributed by atoms with Gasteiger partial charge in [0.05, 0.1) is 24.2 Å². The van der Waals surface area contributed by atoms with Crippen LogP contribution in [0.15, 0.2) is 60.3 Å². The molecule has 0 spiro atoms. The van der Waals surface area contributed by atoms with Gasteiger partial charge in [0, 0.05) is 55.3 Å². The molecule has 0 radical (unpaired) electrons. The van der Waals surface area contributed by atoms with Gasteiger partial charge in [0.2, 0.25) is 0 Å². The number of carbonyl (C=O) groups excluding carboxylic acids is 1. The smallest absolute Gasteiger partial charge is 0.407 e. The first kappa shape index (κ1) is 35.8. The molecule has 1 amide bonds. The van der Waals surface area contributed by atoms with Crippen LogP contribution in [0.4, 0.5) is 4.79 Å². The molecule has 3 heterocycles. The third-order valence-electron chi connectivity index (χ3n) is 10.3. The SMILES string of the molecule is C/C(=C\C=C\[C@H](C)c1ccccn1)[C@H]1OC(=O)C[C@@H](O)CC[C@](C)(O)[C@H](C2CN(C3CCCCCC3)CCN2C(=O)O)/C=C/[C@@H]1C. The van der Waals surface area contributed by atoms with Gasteiger partial charge in [-0.1, -0.05) is 76.0 Å². The van der Waals surface area contributed by atoms with Crippen molar-refractivity contribution in [3.8, 4) is 0 Å². The van der Waals surface area contributed by atoms with E-state index in [9.17, 15) is 24.9 Å². The number of hydrogen-bond acceptors (Lipinski definition) is 7. The zero-order chi connectivity index (χ0) is 33.3. The van der Waals surface area contributed by atoms with E-state index in [1.165, 1.54) is 30.6 Å². The highest BCUT2D eigenvalue weighted by molar-refractivity contribution is 5.70. The number of piperazine rings is 1. The Labute approximate surface area is 275 Å². The Morgan fingerprint density at radius 2 is 1.87 bits per heavy atom. The Morgan fingerprint density at radius 1 is 1.13 bits per heavy atom. The summed E-state index contributed by atoms with van der Waals surface area (Å²) in [7, 11) is 0.